The number of esters is 1. The van der Waals surface area contributed by atoms with Gasteiger partial charge < -0.3 is 9.64 Å². The Hall–Kier alpha value is -1.10. The summed E-state index contributed by atoms with van der Waals surface area (Å²) in [5.41, 5.74) is 0.390. The number of thiazole rings is 1. The maximum absolute atomic E-state index is 11.2. The van der Waals surface area contributed by atoms with Crippen molar-refractivity contribution in [2.75, 3.05) is 25.6 Å². The number of anilines is 1. The molecule has 0 aliphatic rings. The maximum Gasteiger partial charge on any atom is 0.357 e. The highest BCUT2D eigenvalue weighted by atomic mass is 32.1. The number of unbranched alkanes of at least 4 members (excludes halogenated alkanes) is 1. The van der Waals surface area contributed by atoms with Crippen molar-refractivity contribution in [3.05, 3.63) is 11.1 Å². The molecule has 0 bridgehead atoms. The van der Waals surface area contributed by atoms with Crippen LogP contribution in [0.2, 0.25) is 0 Å². The van der Waals surface area contributed by atoms with Gasteiger partial charge >= 0.3 is 5.97 Å². The van der Waals surface area contributed by atoms with E-state index in [9.17, 15) is 4.79 Å². The number of aromatic nitrogens is 1. The van der Waals surface area contributed by atoms with E-state index in [1.54, 1.807) is 5.38 Å². The van der Waals surface area contributed by atoms with Gasteiger partial charge in [0.05, 0.1) is 7.11 Å². The van der Waals surface area contributed by atoms with Crippen LogP contribution in [0.1, 0.15) is 30.3 Å². The summed E-state index contributed by atoms with van der Waals surface area (Å²) >= 11 is 1.47. The molecule has 0 aliphatic heterocycles. The first kappa shape index (κ1) is 12.0. The van der Waals surface area contributed by atoms with Gasteiger partial charge in [-0.05, 0) is 6.42 Å². The molecule has 0 N–H and O–H groups in total. The molecule has 0 amide bonds. The summed E-state index contributed by atoms with van der Waals surface area (Å²) in [7, 11) is 3.34. The van der Waals surface area contributed by atoms with Crippen LogP contribution in [0.15, 0.2) is 5.38 Å². The Morgan fingerprint density at radius 3 is 3.00 bits per heavy atom. The number of carbonyl (C=O) groups excluding carboxylic acids is 1. The van der Waals surface area contributed by atoms with E-state index in [0.717, 1.165) is 24.5 Å². The normalized spacial score (nSPS) is 10.1. The van der Waals surface area contributed by atoms with Crippen LogP contribution in [0.5, 0.6) is 0 Å². The number of methoxy groups -OCH3 is 1. The van der Waals surface area contributed by atoms with Gasteiger partial charge in [0.1, 0.15) is 0 Å². The van der Waals surface area contributed by atoms with Crippen molar-refractivity contribution in [1.82, 2.24) is 4.98 Å². The second-order valence-electron chi connectivity index (χ2n) is 3.28. The second-order valence-corrected chi connectivity index (χ2v) is 4.12. The second kappa shape index (κ2) is 5.70. The van der Waals surface area contributed by atoms with E-state index in [-0.39, 0.29) is 5.97 Å². The lowest BCUT2D eigenvalue weighted by Crippen LogP contribution is -2.18. The van der Waals surface area contributed by atoms with Crippen molar-refractivity contribution in [3.63, 3.8) is 0 Å². The zero-order valence-electron chi connectivity index (χ0n) is 9.32. The smallest absolute Gasteiger partial charge is 0.357 e. The first-order valence-corrected chi connectivity index (χ1v) is 5.82. The van der Waals surface area contributed by atoms with Crippen molar-refractivity contribution in [1.29, 1.82) is 0 Å². The largest absolute Gasteiger partial charge is 0.464 e. The lowest BCUT2D eigenvalue weighted by Gasteiger charge is -2.14. The molecule has 15 heavy (non-hydrogen) atoms. The molecule has 4 nitrogen and oxygen atoms in total. The number of hydrogen-bond acceptors (Lipinski definition) is 5. The fourth-order valence-electron chi connectivity index (χ4n) is 1.13. The fraction of sp³-hybridized carbons (Fsp3) is 0.600. The average Bonchev–Trinajstić information content (AvgIpc) is 2.74. The number of carbonyl (C=O) groups is 1. The topological polar surface area (TPSA) is 42.4 Å². The predicted octanol–water partition coefficient (Wildman–Crippen LogP) is 2.17. The SMILES string of the molecule is CCCCN(C)c1nc(C(=O)OC)cs1. The van der Waals surface area contributed by atoms with E-state index in [1.807, 2.05) is 7.05 Å². The van der Waals surface area contributed by atoms with Crippen LogP contribution >= 0.6 is 11.3 Å². The summed E-state index contributed by atoms with van der Waals surface area (Å²) in [4.78, 5) is 17.4. The molecule has 0 fully saturated rings. The Morgan fingerprint density at radius 1 is 1.67 bits per heavy atom. The third kappa shape index (κ3) is 3.20. The Balaban J connectivity index is 2.62. The van der Waals surface area contributed by atoms with Gasteiger partial charge in [-0.1, -0.05) is 13.3 Å². The zero-order valence-corrected chi connectivity index (χ0v) is 10.1. The summed E-state index contributed by atoms with van der Waals surface area (Å²) in [5.74, 6) is -0.374. The fourth-order valence-corrected chi connectivity index (χ4v) is 1.92. The molecule has 1 heterocycles. The third-order valence-corrected chi connectivity index (χ3v) is 3.02. The summed E-state index contributed by atoms with van der Waals surface area (Å²) in [6, 6.07) is 0. The summed E-state index contributed by atoms with van der Waals surface area (Å²) in [5, 5.41) is 2.59. The molecule has 0 unspecified atom stereocenters. The number of hydrogen-bond donors (Lipinski definition) is 0. The Labute approximate surface area is 93.9 Å². The van der Waals surface area contributed by atoms with Crippen molar-refractivity contribution in [2.24, 2.45) is 0 Å². The van der Waals surface area contributed by atoms with Gasteiger partial charge in [-0.25, -0.2) is 9.78 Å². The molecule has 0 aromatic carbocycles. The molecule has 0 atom stereocenters. The molecule has 1 aromatic rings. The molecular formula is C10H16N2O2S. The van der Waals surface area contributed by atoms with E-state index >= 15 is 0 Å². The molecule has 0 spiro atoms. The molecule has 0 aliphatic carbocycles. The number of rotatable bonds is 5. The average molecular weight is 228 g/mol. The minimum Gasteiger partial charge on any atom is -0.464 e. The standard InChI is InChI=1S/C10H16N2O2S/c1-4-5-6-12(2)10-11-8(7-15-10)9(13)14-3/h7H,4-6H2,1-3H3. The monoisotopic (exact) mass is 228 g/mol. The van der Waals surface area contributed by atoms with Crippen molar-refractivity contribution in [2.45, 2.75) is 19.8 Å². The molecule has 1 rings (SSSR count). The van der Waals surface area contributed by atoms with Gasteiger partial charge in [0.15, 0.2) is 10.8 Å². The molecule has 0 saturated heterocycles. The first-order chi connectivity index (χ1) is 7.19. The predicted molar refractivity (Wildman–Crippen MR) is 61.6 cm³/mol. The van der Waals surface area contributed by atoms with Gasteiger partial charge in [-0.2, -0.15) is 0 Å². The lowest BCUT2D eigenvalue weighted by molar-refractivity contribution is 0.0595. The van der Waals surface area contributed by atoms with Crippen LogP contribution in [0.4, 0.5) is 5.13 Å². The van der Waals surface area contributed by atoms with Gasteiger partial charge in [0.2, 0.25) is 0 Å². The van der Waals surface area contributed by atoms with Crippen LogP contribution in [0, 0.1) is 0 Å². The van der Waals surface area contributed by atoms with E-state index in [1.165, 1.54) is 18.4 Å². The Kier molecular flexibility index (Phi) is 4.55. The molecule has 84 valence electrons. The van der Waals surface area contributed by atoms with E-state index < -0.39 is 0 Å². The summed E-state index contributed by atoms with van der Waals surface area (Å²) in [6.07, 6.45) is 2.28. The van der Waals surface area contributed by atoms with Crippen LogP contribution in [-0.4, -0.2) is 31.7 Å². The maximum atomic E-state index is 11.2. The van der Waals surface area contributed by atoms with Crippen LogP contribution < -0.4 is 4.90 Å². The quantitative estimate of drug-likeness (QED) is 0.724. The van der Waals surface area contributed by atoms with E-state index in [0.29, 0.717) is 5.69 Å². The third-order valence-electron chi connectivity index (χ3n) is 2.06. The van der Waals surface area contributed by atoms with Crippen molar-refractivity contribution >= 4 is 22.4 Å². The highest BCUT2D eigenvalue weighted by Crippen LogP contribution is 2.19. The van der Waals surface area contributed by atoms with Crippen LogP contribution in [0.3, 0.4) is 0 Å². The molecular weight excluding hydrogens is 212 g/mol. The minimum absolute atomic E-state index is 0.374. The Morgan fingerprint density at radius 2 is 2.40 bits per heavy atom. The highest BCUT2D eigenvalue weighted by molar-refractivity contribution is 7.13. The van der Waals surface area contributed by atoms with Crippen LogP contribution in [0.25, 0.3) is 0 Å². The van der Waals surface area contributed by atoms with Crippen LogP contribution in [-0.2, 0) is 4.74 Å². The van der Waals surface area contributed by atoms with Gasteiger partial charge in [0.25, 0.3) is 0 Å². The van der Waals surface area contributed by atoms with Crippen molar-refractivity contribution in [3.8, 4) is 0 Å². The number of nitrogens with zero attached hydrogens (tertiary/aromatic N) is 2. The van der Waals surface area contributed by atoms with Crippen molar-refractivity contribution < 1.29 is 9.53 Å². The number of ether oxygens (including phenoxy) is 1. The van der Waals surface area contributed by atoms with E-state index in [4.69, 9.17) is 0 Å². The molecule has 1 aromatic heterocycles. The molecule has 0 saturated carbocycles. The van der Waals surface area contributed by atoms with Gasteiger partial charge in [-0.15, -0.1) is 11.3 Å². The lowest BCUT2D eigenvalue weighted by atomic mass is 10.3. The molecule has 0 radical (unpaired) electrons. The first-order valence-electron chi connectivity index (χ1n) is 4.94. The summed E-state index contributed by atoms with van der Waals surface area (Å²) < 4.78 is 4.60. The molecule has 5 heteroatoms. The minimum atomic E-state index is -0.374. The summed E-state index contributed by atoms with van der Waals surface area (Å²) in [6.45, 7) is 3.11. The van der Waals surface area contributed by atoms with E-state index in [2.05, 4.69) is 21.5 Å². The van der Waals surface area contributed by atoms with Gasteiger partial charge in [-0.3, -0.25) is 0 Å². The Bertz CT molecular complexity index is 325. The van der Waals surface area contributed by atoms with Gasteiger partial charge in [0, 0.05) is 19.0 Å². The highest BCUT2D eigenvalue weighted by Gasteiger charge is 2.12. The zero-order chi connectivity index (χ0) is 11.3.